The van der Waals surface area contributed by atoms with Gasteiger partial charge < -0.3 is 0 Å². The molecule has 0 fully saturated rings. The molecule has 4 heavy (non-hydrogen) atoms. The van der Waals surface area contributed by atoms with Gasteiger partial charge in [0.1, 0.15) is 0 Å². The lowest BCUT2D eigenvalue weighted by Gasteiger charge is -1.66. The van der Waals surface area contributed by atoms with Crippen molar-refractivity contribution in [1.82, 2.24) is 0 Å². The summed E-state index contributed by atoms with van der Waals surface area (Å²) in [5.41, 5.74) is 0. The van der Waals surface area contributed by atoms with E-state index < -0.39 is 5.88 Å². The summed E-state index contributed by atoms with van der Waals surface area (Å²) in [6.07, 6.45) is 0. The summed E-state index contributed by atoms with van der Waals surface area (Å²) in [4.78, 5) is 0. The number of rotatable bonds is 0. The third-order valence-electron chi connectivity index (χ3n) is 0. The summed E-state index contributed by atoms with van der Waals surface area (Å²) in [7, 11) is 0. The molecule has 0 rings (SSSR count). The second-order valence-electron chi connectivity index (χ2n) is 0.247. The fourth-order valence-electron chi connectivity index (χ4n) is 0. The van der Waals surface area contributed by atoms with Crippen LogP contribution in [-0.2, 0) is 0 Å². The number of hydrogen-bond donors (Lipinski definition) is 0. The summed E-state index contributed by atoms with van der Waals surface area (Å²) in [6.45, 7) is 0. The van der Waals surface area contributed by atoms with Gasteiger partial charge in [-0.2, -0.15) is 8.78 Å². The molecular weight excluding hydrogens is 85.5 g/mol. The van der Waals surface area contributed by atoms with Crippen LogP contribution in [0.3, 0.4) is 0 Å². The van der Waals surface area contributed by atoms with Crippen molar-refractivity contribution >= 4 is 11.6 Å². The maximum atomic E-state index is 10.1. The SMILES string of the molecule is FC(F)Cl.[H+]. The first-order chi connectivity index (χ1) is 1.73. The Balaban J connectivity index is 0. The van der Waals surface area contributed by atoms with E-state index in [0.717, 1.165) is 0 Å². The molecule has 26 valence electrons. The zero-order valence-corrected chi connectivity index (χ0v) is 2.47. The summed E-state index contributed by atoms with van der Waals surface area (Å²) in [5.74, 6) is -2.69. The van der Waals surface area contributed by atoms with Gasteiger partial charge in [0.15, 0.2) is 0 Å². The fraction of sp³-hybridized carbons (Fsp3) is 1.00. The topological polar surface area (TPSA) is 0 Å². The van der Waals surface area contributed by atoms with Gasteiger partial charge in [-0.15, -0.1) is 0 Å². The quantitative estimate of drug-likeness (QED) is 0.393. The van der Waals surface area contributed by atoms with E-state index in [-0.39, 0.29) is 1.43 Å². The first-order valence-electron chi connectivity index (χ1n) is 0.655. The molecule has 0 atom stereocenters. The molecule has 0 aliphatic carbocycles. The van der Waals surface area contributed by atoms with Gasteiger partial charge in [-0.25, -0.2) is 0 Å². The third kappa shape index (κ3) is 126. The second-order valence-corrected chi connectivity index (χ2v) is 0.577. The molecule has 0 N–H and O–H groups in total. The summed E-state index contributed by atoms with van der Waals surface area (Å²) < 4.78 is 20.2. The van der Waals surface area contributed by atoms with Gasteiger partial charge in [-0.1, -0.05) is 11.6 Å². The van der Waals surface area contributed by atoms with Crippen molar-refractivity contribution < 1.29 is 10.2 Å². The van der Waals surface area contributed by atoms with Crippen molar-refractivity contribution in [3.05, 3.63) is 0 Å². The fourth-order valence-corrected chi connectivity index (χ4v) is 0. The first kappa shape index (κ1) is 4.15. The number of alkyl halides is 3. The van der Waals surface area contributed by atoms with Gasteiger partial charge in [-0.05, 0) is 0 Å². The standard InChI is InChI=1S/CHClF2/c2-1(3)4/h1H/p+1. The Morgan fingerprint density at radius 3 is 1.75 bits per heavy atom. The van der Waals surface area contributed by atoms with Gasteiger partial charge in [0.25, 0.3) is 0 Å². The smallest absolute Gasteiger partial charge is 0.192 e. The molecule has 0 unspecified atom stereocenters. The van der Waals surface area contributed by atoms with Crippen LogP contribution in [0.15, 0.2) is 0 Å². The van der Waals surface area contributed by atoms with Gasteiger partial charge in [-0.3, -0.25) is 0 Å². The maximum absolute atomic E-state index is 10.1. The van der Waals surface area contributed by atoms with Crippen LogP contribution in [0.5, 0.6) is 0 Å². The molecule has 0 nitrogen and oxygen atoms in total. The molecule has 0 saturated carbocycles. The molecule has 0 aromatic heterocycles. The summed E-state index contributed by atoms with van der Waals surface area (Å²) in [6, 6.07) is 0. The minimum absolute atomic E-state index is 0. The molecule has 0 bridgehead atoms. The largest absolute Gasteiger partial charge is 1.00 e. The van der Waals surface area contributed by atoms with Gasteiger partial charge in [0.2, 0.25) is 0 Å². The first-order valence-corrected chi connectivity index (χ1v) is 1.09. The maximum Gasteiger partial charge on any atom is 1.00 e. The van der Waals surface area contributed by atoms with Crippen LogP contribution < -0.4 is 0 Å². The number of hydrogen-bond acceptors (Lipinski definition) is 0. The van der Waals surface area contributed by atoms with E-state index in [9.17, 15) is 8.78 Å². The van der Waals surface area contributed by atoms with Crippen LogP contribution in [0, 0.1) is 0 Å². The Hall–Kier alpha value is 0.150. The summed E-state index contributed by atoms with van der Waals surface area (Å²) >= 11 is 3.94. The highest BCUT2D eigenvalue weighted by molar-refractivity contribution is 6.18. The predicted molar refractivity (Wildman–Crippen MR) is 13.0 cm³/mol. The van der Waals surface area contributed by atoms with Crippen molar-refractivity contribution in [2.24, 2.45) is 0 Å². The average Bonchev–Trinajstić information content (AvgIpc) is 0.811. The Morgan fingerprint density at radius 2 is 1.75 bits per heavy atom. The van der Waals surface area contributed by atoms with Crippen molar-refractivity contribution in [1.29, 1.82) is 0 Å². The number of halogens is 3. The highest BCUT2D eigenvalue weighted by Gasteiger charge is 1.83. The molecule has 0 saturated heterocycles. The molecule has 0 aliphatic rings. The van der Waals surface area contributed by atoms with Crippen LogP contribution in [0.2, 0.25) is 0 Å². The van der Waals surface area contributed by atoms with E-state index >= 15 is 0 Å². The Labute approximate surface area is 28.9 Å². The molecule has 0 aromatic rings. The van der Waals surface area contributed by atoms with Crippen LogP contribution in [0.4, 0.5) is 8.78 Å². The predicted octanol–water partition coefficient (Wildman–Crippen LogP) is 1.56. The van der Waals surface area contributed by atoms with E-state index in [0.29, 0.717) is 0 Å². The second kappa shape index (κ2) is 1.47. The Bertz CT molecular complexity index is 14.4. The van der Waals surface area contributed by atoms with Crippen LogP contribution in [0.1, 0.15) is 1.43 Å². The highest BCUT2D eigenvalue weighted by Crippen LogP contribution is 1.93. The van der Waals surface area contributed by atoms with Crippen molar-refractivity contribution in [3.8, 4) is 0 Å². The normalized spacial score (nSPS) is 9.00. The Morgan fingerprint density at radius 1 is 1.75 bits per heavy atom. The van der Waals surface area contributed by atoms with Crippen molar-refractivity contribution in [2.45, 2.75) is 5.88 Å². The molecule has 0 aromatic carbocycles. The van der Waals surface area contributed by atoms with E-state index in [2.05, 4.69) is 11.6 Å². The molecular formula is CH2ClF2+. The lowest BCUT2D eigenvalue weighted by molar-refractivity contribution is 0.243. The lowest BCUT2D eigenvalue weighted by Crippen LogP contribution is -1.62. The van der Waals surface area contributed by atoms with E-state index in [1.807, 2.05) is 0 Å². The van der Waals surface area contributed by atoms with Crippen molar-refractivity contribution in [2.75, 3.05) is 0 Å². The van der Waals surface area contributed by atoms with Crippen LogP contribution >= 0.6 is 11.6 Å². The van der Waals surface area contributed by atoms with Crippen molar-refractivity contribution in [3.63, 3.8) is 0 Å². The highest BCUT2D eigenvalue weighted by atomic mass is 35.5. The minimum atomic E-state index is -2.69. The molecule has 0 amide bonds. The monoisotopic (exact) mass is 87.0 g/mol. The molecule has 0 aliphatic heterocycles. The lowest BCUT2D eigenvalue weighted by atomic mass is 11.7. The molecule has 0 radical (unpaired) electrons. The molecule has 0 spiro atoms. The zero-order chi connectivity index (χ0) is 3.58. The van der Waals surface area contributed by atoms with Gasteiger partial charge >= 0.3 is 7.31 Å². The molecule has 3 heteroatoms. The average molecular weight is 87.5 g/mol. The van der Waals surface area contributed by atoms with Gasteiger partial charge in [0.05, 0.1) is 0 Å². The van der Waals surface area contributed by atoms with E-state index in [1.165, 1.54) is 0 Å². The molecule has 0 heterocycles. The summed E-state index contributed by atoms with van der Waals surface area (Å²) in [5, 5.41) is 0. The van der Waals surface area contributed by atoms with E-state index in [4.69, 9.17) is 0 Å². The Kier molecular flexibility index (Phi) is 1.52. The van der Waals surface area contributed by atoms with Crippen LogP contribution in [-0.4, -0.2) is 5.88 Å². The minimum Gasteiger partial charge on any atom is -0.192 e. The van der Waals surface area contributed by atoms with Crippen LogP contribution in [0.25, 0.3) is 0 Å². The van der Waals surface area contributed by atoms with E-state index in [1.54, 1.807) is 0 Å². The third-order valence-corrected chi connectivity index (χ3v) is 0. The van der Waals surface area contributed by atoms with Gasteiger partial charge in [0, 0.05) is 0 Å². The zero-order valence-electron chi connectivity index (χ0n) is 2.71.